The van der Waals surface area contributed by atoms with Crippen LogP contribution in [0, 0.1) is 0 Å². The quantitative estimate of drug-likeness (QED) is 0.722. The summed E-state index contributed by atoms with van der Waals surface area (Å²) in [4.78, 5) is 2.34. The molecule has 1 aliphatic heterocycles. The summed E-state index contributed by atoms with van der Waals surface area (Å²) < 4.78 is 32.9. The Balaban J connectivity index is 1.40. The summed E-state index contributed by atoms with van der Waals surface area (Å²) in [6.45, 7) is 3.77. The number of benzene rings is 2. The van der Waals surface area contributed by atoms with Crippen molar-refractivity contribution in [3.63, 3.8) is 0 Å². The van der Waals surface area contributed by atoms with Crippen molar-refractivity contribution >= 4 is 10.0 Å². The van der Waals surface area contributed by atoms with E-state index in [-0.39, 0.29) is 11.9 Å². The third-order valence-electron chi connectivity index (χ3n) is 4.49. The Morgan fingerprint density at radius 2 is 1.73 bits per heavy atom. The van der Waals surface area contributed by atoms with E-state index < -0.39 is 10.0 Å². The van der Waals surface area contributed by atoms with E-state index in [0.29, 0.717) is 13.2 Å². The molecule has 1 saturated heterocycles. The summed E-state index contributed by atoms with van der Waals surface area (Å²) in [6, 6.07) is 19.5. The van der Waals surface area contributed by atoms with E-state index in [9.17, 15) is 8.42 Å². The summed E-state index contributed by atoms with van der Waals surface area (Å²) in [5.41, 5.74) is 2.00. The van der Waals surface area contributed by atoms with Crippen molar-refractivity contribution in [1.82, 2.24) is 9.62 Å². The van der Waals surface area contributed by atoms with Gasteiger partial charge in [0.05, 0.1) is 18.5 Å². The van der Waals surface area contributed by atoms with Gasteiger partial charge in [-0.25, -0.2) is 13.1 Å². The van der Waals surface area contributed by atoms with Gasteiger partial charge in [0.25, 0.3) is 0 Å². The number of hydrogen-bond donors (Lipinski definition) is 1. The summed E-state index contributed by atoms with van der Waals surface area (Å²) in [5.74, 6) is 0.0292. The van der Waals surface area contributed by atoms with E-state index in [1.54, 1.807) is 0 Å². The van der Waals surface area contributed by atoms with Crippen molar-refractivity contribution in [3.05, 3.63) is 71.8 Å². The largest absolute Gasteiger partial charge is 0.371 e. The van der Waals surface area contributed by atoms with Crippen LogP contribution < -0.4 is 4.72 Å². The molecule has 0 aromatic heterocycles. The fourth-order valence-electron chi connectivity index (χ4n) is 3.15. The number of nitrogens with zero attached hydrogens (tertiary/aromatic N) is 1. The van der Waals surface area contributed by atoms with Gasteiger partial charge in [-0.3, -0.25) is 4.90 Å². The van der Waals surface area contributed by atoms with Crippen molar-refractivity contribution < 1.29 is 13.2 Å². The number of ether oxygens (including phenoxy) is 1. The molecule has 1 N–H and O–H groups in total. The Kier molecular flexibility index (Phi) is 6.80. The number of hydrogen-bond acceptors (Lipinski definition) is 4. The predicted octanol–water partition coefficient (Wildman–Crippen LogP) is 2.57. The third kappa shape index (κ3) is 5.92. The van der Waals surface area contributed by atoms with Crippen LogP contribution >= 0.6 is 0 Å². The molecule has 0 bridgehead atoms. The molecule has 1 heterocycles. The molecule has 0 aliphatic carbocycles. The molecule has 0 unspecified atom stereocenters. The smallest absolute Gasteiger partial charge is 0.215 e. The first-order chi connectivity index (χ1) is 12.6. The van der Waals surface area contributed by atoms with Gasteiger partial charge in [-0.1, -0.05) is 60.7 Å². The molecule has 5 nitrogen and oxygen atoms in total. The zero-order valence-corrected chi connectivity index (χ0v) is 15.7. The number of sulfonamides is 1. The topological polar surface area (TPSA) is 58.6 Å². The normalized spacial score (nSPS) is 18.7. The van der Waals surface area contributed by atoms with Crippen LogP contribution in [0.25, 0.3) is 0 Å². The van der Waals surface area contributed by atoms with Crippen LogP contribution in [0.15, 0.2) is 60.7 Å². The molecule has 1 atom stereocenters. The molecule has 0 saturated carbocycles. The van der Waals surface area contributed by atoms with Gasteiger partial charge in [0.1, 0.15) is 0 Å². The zero-order valence-electron chi connectivity index (χ0n) is 14.9. The second-order valence-corrected chi connectivity index (χ2v) is 8.37. The second kappa shape index (κ2) is 9.28. The summed E-state index contributed by atoms with van der Waals surface area (Å²) >= 11 is 0. The zero-order chi connectivity index (χ0) is 18.2. The minimum atomic E-state index is -3.28. The number of morpholine rings is 1. The Bertz CT molecular complexity index is 766. The van der Waals surface area contributed by atoms with Crippen LogP contribution in [0.3, 0.4) is 0 Å². The molecule has 0 amide bonds. The second-order valence-electron chi connectivity index (χ2n) is 6.56. The Morgan fingerprint density at radius 3 is 2.46 bits per heavy atom. The van der Waals surface area contributed by atoms with Crippen LogP contribution in [0.2, 0.25) is 0 Å². The lowest BCUT2D eigenvalue weighted by atomic mass is 10.1. The van der Waals surface area contributed by atoms with Crippen LogP contribution in [0.1, 0.15) is 23.7 Å². The fourth-order valence-corrected chi connectivity index (χ4v) is 4.34. The van der Waals surface area contributed by atoms with Gasteiger partial charge < -0.3 is 4.74 Å². The summed E-state index contributed by atoms with van der Waals surface area (Å²) in [7, 11) is -3.28. The molecule has 1 fully saturated rings. The van der Waals surface area contributed by atoms with Crippen molar-refractivity contribution in [2.24, 2.45) is 0 Å². The standard InChI is InChI=1S/C20H26N2O3S/c23-26(24,17-18-8-3-1-4-9-18)21-12-7-13-22-14-15-25-20(16-22)19-10-5-2-6-11-19/h1-6,8-11,20-21H,7,12-17H2/t20-/m0/s1. The first kappa shape index (κ1) is 19.0. The molecule has 0 radical (unpaired) electrons. The minimum absolute atomic E-state index is 0.0292. The van der Waals surface area contributed by atoms with Crippen molar-refractivity contribution in [2.45, 2.75) is 18.3 Å². The molecule has 2 aromatic carbocycles. The van der Waals surface area contributed by atoms with Gasteiger partial charge in [0.2, 0.25) is 10.0 Å². The highest BCUT2D eigenvalue weighted by Crippen LogP contribution is 2.21. The van der Waals surface area contributed by atoms with Gasteiger partial charge in [-0.2, -0.15) is 0 Å². The van der Waals surface area contributed by atoms with E-state index in [4.69, 9.17) is 4.74 Å². The van der Waals surface area contributed by atoms with Gasteiger partial charge in [0.15, 0.2) is 0 Å². The van der Waals surface area contributed by atoms with Crippen molar-refractivity contribution in [2.75, 3.05) is 32.8 Å². The van der Waals surface area contributed by atoms with Gasteiger partial charge in [-0.15, -0.1) is 0 Å². The SMILES string of the molecule is O=S(=O)(Cc1ccccc1)NCCCN1CCO[C@H](c2ccccc2)C1. The molecule has 2 aromatic rings. The fraction of sp³-hybridized carbons (Fsp3) is 0.400. The van der Waals surface area contributed by atoms with Crippen LogP contribution in [0.4, 0.5) is 0 Å². The Hall–Kier alpha value is -1.73. The lowest BCUT2D eigenvalue weighted by Crippen LogP contribution is -2.39. The molecule has 3 rings (SSSR count). The average molecular weight is 375 g/mol. The maximum atomic E-state index is 12.1. The van der Waals surface area contributed by atoms with E-state index in [1.165, 1.54) is 5.56 Å². The summed E-state index contributed by atoms with van der Waals surface area (Å²) in [5, 5.41) is 0. The molecular weight excluding hydrogens is 348 g/mol. The molecule has 6 heteroatoms. The van der Waals surface area contributed by atoms with Gasteiger partial charge in [-0.05, 0) is 24.1 Å². The lowest BCUT2D eigenvalue weighted by Gasteiger charge is -2.33. The molecule has 140 valence electrons. The third-order valence-corrected chi connectivity index (χ3v) is 5.85. The molecular formula is C20H26N2O3S. The van der Waals surface area contributed by atoms with Gasteiger partial charge >= 0.3 is 0 Å². The van der Waals surface area contributed by atoms with Crippen LogP contribution in [0.5, 0.6) is 0 Å². The maximum Gasteiger partial charge on any atom is 0.215 e. The van der Waals surface area contributed by atoms with E-state index in [1.807, 2.05) is 48.5 Å². The van der Waals surface area contributed by atoms with Crippen molar-refractivity contribution in [1.29, 1.82) is 0 Å². The first-order valence-electron chi connectivity index (χ1n) is 9.02. The minimum Gasteiger partial charge on any atom is -0.371 e. The highest BCUT2D eigenvalue weighted by Gasteiger charge is 2.21. The van der Waals surface area contributed by atoms with E-state index in [0.717, 1.165) is 31.6 Å². The van der Waals surface area contributed by atoms with Crippen LogP contribution in [-0.4, -0.2) is 46.1 Å². The monoisotopic (exact) mass is 374 g/mol. The number of rotatable bonds is 8. The molecule has 26 heavy (non-hydrogen) atoms. The van der Waals surface area contributed by atoms with Gasteiger partial charge in [0, 0.05) is 19.6 Å². The highest BCUT2D eigenvalue weighted by atomic mass is 32.2. The highest BCUT2D eigenvalue weighted by molar-refractivity contribution is 7.88. The summed E-state index contributed by atoms with van der Waals surface area (Å²) in [6.07, 6.45) is 0.884. The average Bonchev–Trinajstić information content (AvgIpc) is 2.67. The lowest BCUT2D eigenvalue weighted by molar-refractivity contribution is -0.0300. The first-order valence-corrected chi connectivity index (χ1v) is 10.7. The Morgan fingerprint density at radius 1 is 1.04 bits per heavy atom. The van der Waals surface area contributed by atoms with Crippen LogP contribution in [-0.2, 0) is 20.5 Å². The predicted molar refractivity (Wildman–Crippen MR) is 103 cm³/mol. The van der Waals surface area contributed by atoms with Crippen molar-refractivity contribution in [3.8, 4) is 0 Å². The Labute approximate surface area is 156 Å². The number of nitrogens with one attached hydrogen (secondary N) is 1. The molecule has 0 spiro atoms. The molecule has 1 aliphatic rings. The maximum absolute atomic E-state index is 12.1. The van der Waals surface area contributed by atoms with E-state index >= 15 is 0 Å². The van der Waals surface area contributed by atoms with E-state index in [2.05, 4.69) is 21.8 Å².